The highest BCUT2D eigenvalue weighted by atomic mass is 16.4. The standard InChI is InChI=1S/C14H25NO4/c1-4-14(5-2,8-16)15-12(17)10-6-9(3)7-11(10)13(18)19/h9-11,16H,4-8H2,1-3H3,(H,15,17)(H,18,19)/t9?,10-,11+/m0/s1. The summed E-state index contributed by atoms with van der Waals surface area (Å²) in [5, 5.41) is 21.5. The van der Waals surface area contributed by atoms with E-state index in [1.165, 1.54) is 0 Å². The Morgan fingerprint density at radius 3 is 2.16 bits per heavy atom. The largest absolute Gasteiger partial charge is 0.481 e. The van der Waals surface area contributed by atoms with Crippen LogP contribution >= 0.6 is 0 Å². The van der Waals surface area contributed by atoms with Crippen LogP contribution in [0, 0.1) is 17.8 Å². The second kappa shape index (κ2) is 6.37. The molecule has 0 aromatic rings. The van der Waals surface area contributed by atoms with E-state index in [1.807, 2.05) is 20.8 Å². The highest BCUT2D eigenvalue weighted by Gasteiger charge is 2.42. The molecule has 19 heavy (non-hydrogen) atoms. The Bertz CT molecular complexity index is 330. The predicted molar refractivity (Wildman–Crippen MR) is 71.6 cm³/mol. The number of hydrogen-bond donors (Lipinski definition) is 3. The Morgan fingerprint density at radius 2 is 1.74 bits per heavy atom. The second-order valence-electron chi connectivity index (χ2n) is 5.76. The SMILES string of the molecule is CCC(CC)(CO)NC(=O)[C@H]1CC(C)C[C@H]1C(=O)O. The first kappa shape index (κ1) is 16.0. The molecule has 0 aromatic heterocycles. The zero-order valence-corrected chi connectivity index (χ0v) is 12.0. The fourth-order valence-corrected chi connectivity index (χ4v) is 2.90. The van der Waals surface area contributed by atoms with Crippen LogP contribution in [0.5, 0.6) is 0 Å². The van der Waals surface area contributed by atoms with E-state index in [0.29, 0.717) is 25.7 Å². The van der Waals surface area contributed by atoms with E-state index in [4.69, 9.17) is 0 Å². The van der Waals surface area contributed by atoms with Gasteiger partial charge in [-0.3, -0.25) is 9.59 Å². The van der Waals surface area contributed by atoms with Crippen molar-refractivity contribution in [3.05, 3.63) is 0 Å². The number of aliphatic hydroxyl groups excluding tert-OH is 1. The molecule has 1 saturated carbocycles. The van der Waals surface area contributed by atoms with Gasteiger partial charge in [0.15, 0.2) is 0 Å². The number of nitrogens with one attached hydrogen (secondary N) is 1. The molecule has 0 aromatic carbocycles. The van der Waals surface area contributed by atoms with Gasteiger partial charge in [0.2, 0.25) is 5.91 Å². The van der Waals surface area contributed by atoms with Gasteiger partial charge in [-0.2, -0.15) is 0 Å². The van der Waals surface area contributed by atoms with Crippen LogP contribution < -0.4 is 5.32 Å². The van der Waals surface area contributed by atoms with Crippen molar-refractivity contribution in [3.8, 4) is 0 Å². The quantitative estimate of drug-likeness (QED) is 0.681. The molecule has 3 atom stereocenters. The topological polar surface area (TPSA) is 86.6 Å². The number of carboxylic acid groups (broad SMARTS) is 1. The molecule has 3 N–H and O–H groups in total. The van der Waals surface area contributed by atoms with Gasteiger partial charge in [0.1, 0.15) is 0 Å². The van der Waals surface area contributed by atoms with Crippen LogP contribution in [0.4, 0.5) is 0 Å². The number of aliphatic hydroxyl groups is 1. The molecule has 110 valence electrons. The average molecular weight is 271 g/mol. The van der Waals surface area contributed by atoms with E-state index in [-0.39, 0.29) is 18.4 Å². The minimum Gasteiger partial charge on any atom is -0.481 e. The lowest BCUT2D eigenvalue weighted by Crippen LogP contribution is -2.53. The molecule has 0 aliphatic heterocycles. The zero-order chi connectivity index (χ0) is 14.6. The lowest BCUT2D eigenvalue weighted by atomic mass is 9.90. The van der Waals surface area contributed by atoms with Gasteiger partial charge in [-0.05, 0) is 31.6 Å². The van der Waals surface area contributed by atoms with Crippen molar-refractivity contribution in [2.45, 2.75) is 52.0 Å². The smallest absolute Gasteiger partial charge is 0.307 e. The summed E-state index contributed by atoms with van der Waals surface area (Å²) in [4.78, 5) is 23.5. The number of carbonyl (C=O) groups is 2. The highest BCUT2D eigenvalue weighted by Crippen LogP contribution is 2.37. The van der Waals surface area contributed by atoms with Gasteiger partial charge in [0, 0.05) is 0 Å². The minimum atomic E-state index is -0.896. The van der Waals surface area contributed by atoms with Crippen molar-refractivity contribution in [2.24, 2.45) is 17.8 Å². The molecule has 0 radical (unpaired) electrons. The van der Waals surface area contributed by atoms with E-state index in [0.717, 1.165) is 0 Å². The van der Waals surface area contributed by atoms with Crippen LogP contribution in [0.2, 0.25) is 0 Å². The number of rotatable bonds is 6. The van der Waals surface area contributed by atoms with Gasteiger partial charge >= 0.3 is 5.97 Å². The van der Waals surface area contributed by atoms with Crippen LogP contribution in [0.1, 0.15) is 46.5 Å². The van der Waals surface area contributed by atoms with Crippen molar-refractivity contribution in [2.75, 3.05) is 6.61 Å². The number of amides is 1. The van der Waals surface area contributed by atoms with Crippen LogP contribution in [-0.4, -0.2) is 34.2 Å². The first-order valence-electron chi connectivity index (χ1n) is 7.04. The van der Waals surface area contributed by atoms with Crippen molar-refractivity contribution in [3.63, 3.8) is 0 Å². The lowest BCUT2D eigenvalue weighted by molar-refractivity contribution is -0.146. The molecule has 1 aliphatic rings. The number of carbonyl (C=O) groups excluding carboxylic acids is 1. The Kier molecular flexibility index (Phi) is 5.35. The number of carboxylic acids is 1. The molecule has 5 heteroatoms. The van der Waals surface area contributed by atoms with Gasteiger partial charge in [0.25, 0.3) is 0 Å². The van der Waals surface area contributed by atoms with Crippen molar-refractivity contribution < 1.29 is 19.8 Å². The van der Waals surface area contributed by atoms with Gasteiger partial charge in [0.05, 0.1) is 24.0 Å². The second-order valence-corrected chi connectivity index (χ2v) is 5.76. The van der Waals surface area contributed by atoms with Crippen LogP contribution in [0.3, 0.4) is 0 Å². The van der Waals surface area contributed by atoms with Gasteiger partial charge in [-0.15, -0.1) is 0 Å². The maximum absolute atomic E-state index is 12.3. The molecule has 0 saturated heterocycles. The fourth-order valence-electron chi connectivity index (χ4n) is 2.90. The third-order valence-electron chi connectivity index (χ3n) is 4.50. The van der Waals surface area contributed by atoms with E-state index < -0.39 is 23.3 Å². The Morgan fingerprint density at radius 1 is 1.21 bits per heavy atom. The molecule has 0 bridgehead atoms. The molecule has 1 unspecified atom stereocenters. The zero-order valence-electron chi connectivity index (χ0n) is 12.0. The average Bonchev–Trinajstić information content (AvgIpc) is 2.78. The first-order chi connectivity index (χ1) is 8.89. The van der Waals surface area contributed by atoms with E-state index in [1.54, 1.807) is 0 Å². The summed E-state index contributed by atoms with van der Waals surface area (Å²) in [6.07, 6.45) is 2.42. The summed E-state index contributed by atoms with van der Waals surface area (Å²) in [7, 11) is 0. The summed E-state index contributed by atoms with van der Waals surface area (Å²) in [6, 6.07) is 0. The predicted octanol–water partition coefficient (Wildman–Crippen LogP) is 1.40. The van der Waals surface area contributed by atoms with Crippen LogP contribution in [-0.2, 0) is 9.59 Å². The highest BCUT2D eigenvalue weighted by molar-refractivity contribution is 5.85. The van der Waals surface area contributed by atoms with Gasteiger partial charge in [-0.1, -0.05) is 20.8 Å². The summed E-state index contributed by atoms with van der Waals surface area (Å²) < 4.78 is 0. The summed E-state index contributed by atoms with van der Waals surface area (Å²) >= 11 is 0. The monoisotopic (exact) mass is 271 g/mol. The molecule has 1 aliphatic carbocycles. The van der Waals surface area contributed by atoms with Gasteiger partial charge in [-0.25, -0.2) is 0 Å². The van der Waals surface area contributed by atoms with Crippen LogP contribution in [0.25, 0.3) is 0 Å². The van der Waals surface area contributed by atoms with E-state index in [9.17, 15) is 19.8 Å². The van der Waals surface area contributed by atoms with E-state index >= 15 is 0 Å². The van der Waals surface area contributed by atoms with Crippen molar-refractivity contribution in [1.82, 2.24) is 5.32 Å². The number of hydrogen-bond acceptors (Lipinski definition) is 3. The first-order valence-corrected chi connectivity index (χ1v) is 7.04. The maximum Gasteiger partial charge on any atom is 0.307 e. The fraction of sp³-hybridized carbons (Fsp3) is 0.857. The summed E-state index contributed by atoms with van der Waals surface area (Å²) in [5.41, 5.74) is -0.619. The third kappa shape index (κ3) is 3.47. The molecular formula is C14H25NO4. The normalized spacial score (nSPS) is 27.3. The van der Waals surface area contributed by atoms with E-state index in [2.05, 4.69) is 5.32 Å². The Labute approximate surface area is 114 Å². The van der Waals surface area contributed by atoms with Crippen LogP contribution in [0.15, 0.2) is 0 Å². The Hall–Kier alpha value is -1.10. The summed E-state index contributed by atoms with van der Waals surface area (Å²) in [6.45, 7) is 5.67. The molecule has 5 nitrogen and oxygen atoms in total. The molecule has 0 spiro atoms. The molecule has 0 heterocycles. The Balaban J connectivity index is 2.79. The van der Waals surface area contributed by atoms with Gasteiger partial charge < -0.3 is 15.5 Å². The molecule has 1 fully saturated rings. The number of aliphatic carboxylic acids is 1. The van der Waals surface area contributed by atoms with Crippen molar-refractivity contribution in [1.29, 1.82) is 0 Å². The molecular weight excluding hydrogens is 246 g/mol. The molecule has 1 rings (SSSR count). The summed E-state index contributed by atoms with van der Waals surface area (Å²) in [5.74, 6) is -1.94. The maximum atomic E-state index is 12.3. The third-order valence-corrected chi connectivity index (χ3v) is 4.50. The molecule has 1 amide bonds. The lowest BCUT2D eigenvalue weighted by Gasteiger charge is -2.32. The van der Waals surface area contributed by atoms with Crippen molar-refractivity contribution >= 4 is 11.9 Å². The minimum absolute atomic E-state index is 0.119.